The first-order valence-electron chi connectivity index (χ1n) is 12.1. The summed E-state index contributed by atoms with van der Waals surface area (Å²) in [6.07, 6.45) is 4.19. The van der Waals surface area contributed by atoms with Crippen LogP contribution in [0, 0.1) is 0 Å². The van der Waals surface area contributed by atoms with Gasteiger partial charge in [0, 0.05) is 67.1 Å². The summed E-state index contributed by atoms with van der Waals surface area (Å²) in [5, 5.41) is 22.7. The van der Waals surface area contributed by atoms with Crippen molar-refractivity contribution >= 4 is 77.3 Å². The van der Waals surface area contributed by atoms with Crippen molar-refractivity contribution in [3.05, 3.63) is 71.7 Å². The van der Waals surface area contributed by atoms with E-state index in [1.165, 1.54) is 0 Å². The van der Waals surface area contributed by atoms with E-state index in [-0.39, 0.29) is 0 Å². The van der Waals surface area contributed by atoms with Gasteiger partial charge in [-0.1, -0.05) is 21.6 Å². The lowest BCUT2D eigenvalue weighted by atomic mass is 10.3. The van der Waals surface area contributed by atoms with Crippen molar-refractivity contribution in [1.82, 2.24) is 0 Å². The number of nitrogens with zero attached hydrogens (tertiary/aromatic N) is 7. The van der Waals surface area contributed by atoms with Crippen molar-refractivity contribution in [1.29, 1.82) is 0 Å². The molecule has 0 aliphatic rings. The average Bonchev–Trinajstić information content (AvgIpc) is 3.57. The minimum atomic E-state index is 0.857. The number of nitrogens with one attached hydrogen (secondary N) is 1. The van der Waals surface area contributed by atoms with Crippen LogP contribution in [0.5, 0.6) is 0 Å². The van der Waals surface area contributed by atoms with Crippen LogP contribution in [0.2, 0.25) is 0 Å². The Labute approximate surface area is 240 Å². The number of hydrogen-bond acceptors (Lipinski definition) is 9. The predicted molar refractivity (Wildman–Crippen MR) is 162 cm³/mol. The number of aryl methyl sites for hydroxylation is 2. The van der Waals surface area contributed by atoms with Crippen molar-refractivity contribution in [2.75, 3.05) is 49.5 Å². The van der Waals surface area contributed by atoms with Crippen LogP contribution in [-0.2, 0) is 13.1 Å². The Kier molecular flexibility index (Phi) is 10.7. The summed E-state index contributed by atoms with van der Waals surface area (Å²) in [5.74, 6) is 2.02. The third-order valence-corrected chi connectivity index (χ3v) is 9.48. The highest BCUT2D eigenvalue weighted by Crippen LogP contribution is 2.24. The number of azo groups is 2. The summed E-state index contributed by atoms with van der Waals surface area (Å²) in [6, 6.07) is 16.3. The van der Waals surface area contributed by atoms with E-state index in [1.54, 1.807) is 22.7 Å². The van der Waals surface area contributed by atoms with Crippen molar-refractivity contribution in [3.63, 3.8) is 0 Å². The second kappa shape index (κ2) is 14.4. The monoisotopic (exact) mass is 585 g/mol. The van der Waals surface area contributed by atoms with Crippen LogP contribution in [-0.4, -0.2) is 39.7 Å². The van der Waals surface area contributed by atoms with Gasteiger partial charge in [-0.15, -0.1) is 4.57 Å². The molecule has 0 radical (unpaired) electrons. The molecule has 0 fully saturated rings. The molecule has 4 aromatic rings. The third kappa shape index (κ3) is 8.35. The zero-order valence-corrected chi connectivity index (χ0v) is 25.3. The van der Waals surface area contributed by atoms with Crippen molar-refractivity contribution in [2.45, 2.75) is 13.1 Å². The number of anilines is 2. The molecule has 0 amide bonds. The highest BCUT2D eigenvalue weighted by atomic mass is 33.1. The molecule has 0 spiro atoms. The van der Waals surface area contributed by atoms with Gasteiger partial charge in [0.2, 0.25) is 0 Å². The van der Waals surface area contributed by atoms with E-state index in [9.17, 15) is 0 Å². The molecule has 0 bridgehead atoms. The maximum absolute atomic E-state index is 4.54. The lowest BCUT2D eigenvalue weighted by molar-refractivity contribution is -0.735. The second-order valence-electron chi connectivity index (χ2n) is 8.67. The van der Waals surface area contributed by atoms with E-state index in [1.807, 2.05) is 74.0 Å². The average molecular weight is 586 g/mol. The molecule has 1 N–H and O–H groups in total. The summed E-state index contributed by atoms with van der Waals surface area (Å²) in [7, 11) is 11.9. The molecule has 0 saturated heterocycles. The highest BCUT2D eigenvalue weighted by molar-refractivity contribution is 8.76. The Morgan fingerprint density at radius 2 is 1.26 bits per heavy atom. The van der Waals surface area contributed by atoms with E-state index in [2.05, 4.69) is 86.8 Å². The molecule has 8 nitrogen and oxygen atoms in total. The molecule has 0 unspecified atom stereocenters. The number of aromatic nitrogens is 2. The zero-order chi connectivity index (χ0) is 26.7. The molecule has 2 heterocycles. The first kappa shape index (κ1) is 28.2. The molecular formula is C26H33N8S4+3. The Morgan fingerprint density at radius 3 is 1.89 bits per heavy atom. The number of hydrogen-bond donors (Lipinski definition) is 1. The van der Waals surface area contributed by atoms with Gasteiger partial charge < -0.3 is 9.80 Å². The fourth-order valence-corrected chi connectivity index (χ4v) is 6.72. The van der Waals surface area contributed by atoms with E-state index in [0.717, 1.165) is 57.6 Å². The summed E-state index contributed by atoms with van der Waals surface area (Å²) in [6.45, 7) is 1.83. The Bertz CT molecular complexity index is 1220. The number of thiazole rings is 2. The largest absolute Gasteiger partial charge is 0.528 e. The van der Waals surface area contributed by atoms with Crippen LogP contribution in [0.4, 0.5) is 33.0 Å². The van der Waals surface area contributed by atoms with Crippen LogP contribution >= 0.6 is 44.3 Å². The highest BCUT2D eigenvalue weighted by Gasteiger charge is 2.18. The maximum atomic E-state index is 4.54. The topological polar surface area (TPSA) is 65.3 Å². The molecule has 0 aliphatic carbocycles. The van der Waals surface area contributed by atoms with E-state index in [4.69, 9.17) is 0 Å². The van der Waals surface area contributed by atoms with Crippen molar-refractivity contribution in [3.8, 4) is 0 Å². The van der Waals surface area contributed by atoms with E-state index < -0.39 is 0 Å². The summed E-state index contributed by atoms with van der Waals surface area (Å²) >= 11 is 3.27. The first-order valence-corrected chi connectivity index (χ1v) is 16.4. The Hall–Kier alpha value is -2.80. The van der Waals surface area contributed by atoms with E-state index >= 15 is 0 Å². The lowest BCUT2D eigenvalue weighted by Gasteiger charge is -2.11. The van der Waals surface area contributed by atoms with Gasteiger partial charge >= 0.3 is 10.3 Å². The van der Waals surface area contributed by atoms with Gasteiger partial charge in [0.05, 0.1) is 16.2 Å². The SMILES string of the molecule is CN(C)c1ccc(N=Nc2scc[n+]2CCSSCC[n+]2ccsc2[NH+]=Nc2ccc(N(C)C)cc2)cc1. The van der Waals surface area contributed by atoms with Gasteiger partial charge in [0.1, 0.15) is 24.1 Å². The van der Waals surface area contributed by atoms with Gasteiger partial charge in [-0.3, -0.25) is 0 Å². The van der Waals surface area contributed by atoms with E-state index in [0.29, 0.717) is 0 Å². The van der Waals surface area contributed by atoms with Crippen LogP contribution in [0.1, 0.15) is 0 Å². The number of benzene rings is 2. The van der Waals surface area contributed by atoms with Crippen LogP contribution < -0.4 is 24.0 Å². The molecule has 12 heteroatoms. The van der Waals surface area contributed by atoms with Crippen molar-refractivity contribution in [2.24, 2.45) is 15.3 Å². The van der Waals surface area contributed by atoms with Crippen molar-refractivity contribution < 1.29 is 14.2 Å². The predicted octanol–water partition coefficient (Wildman–Crippen LogP) is 5.51. The zero-order valence-electron chi connectivity index (χ0n) is 22.0. The third-order valence-electron chi connectivity index (χ3n) is 5.52. The normalized spacial score (nSPS) is 11.6. The van der Waals surface area contributed by atoms with Gasteiger partial charge in [-0.2, -0.15) is 0 Å². The van der Waals surface area contributed by atoms with Gasteiger partial charge in [0.15, 0.2) is 12.7 Å². The molecule has 2 aromatic carbocycles. The standard InChI is InChI=1S/C26H32N8S4/c1-31(2)23-9-5-21(6-10-23)27-29-25-33(13-17-35-25)15-19-37-38-20-16-34-14-18-36-26(34)30-28-22-7-11-24(12-8-22)32(3)4/h5-14,17-18H,15-16,19-20H2,1-4H3/q+2/p+1. The lowest BCUT2D eigenvalue weighted by Crippen LogP contribution is -2.64. The minimum absolute atomic E-state index is 0.857. The fraction of sp³-hybridized carbons (Fsp3) is 0.308. The molecule has 0 saturated carbocycles. The molecule has 2 aromatic heterocycles. The first-order chi connectivity index (χ1) is 18.5. The van der Waals surface area contributed by atoms with Gasteiger partial charge in [-0.25, -0.2) is 4.57 Å². The Morgan fingerprint density at radius 1 is 0.711 bits per heavy atom. The fourth-order valence-electron chi connectivity index (χ4n) is 3.36. The van der Waals surface area contributed by atoms with Gasteiger partial charge in [-0.05, 0) is 70.1 Å². The summed E-state index contributed by atoms with van der Waals surface area (Å²) in [4.78, 5) is 4.15. The summed E-state index contributed by atoms with van der Waals surface area (Å²) < 4.78 is 4.38. The minimum Gasteiger partial charge on any atom is -0.378 e. The van der Waals surface area contributed by atoms with Crippen LogP contribution in [0.3, 0.4) is 0 Å². The smallest absolute Gasteiger partial charge is 0.378 e. The van der Waals surface area contributed by atoms with Gasteiger partial charge in [0.25, 0.3) is 0 Å². The molecule has 198 valence electrons. The molecule has 0 atom stereocenters. The van der Waals surface area contributed by atoms with Crippen LogP contribution in [0.15, 0.2) is 87.0 Å². The molecule has 38 heavy (non-hydrogen) atoms. The summed E-state index contributed by atoms with van der Waals surface area (Å²) in [5.41, 5.74) is 4.08. The second-order valence-corrected chi connectivity index (χ2v) is 13.1. The van der Waals surface area contributed by atoms with Crippen LogP contribution in [0.25, 0.3) is 0 Å². The number of rotatable bonds is 13. The quantitative estimate of drug-likeness (QED) is 0.0973. The Balaban J connectivity index is 1.19. The molecule has 4 rings (SSSR count). The molecule has 0 aliphatic heterocycles. The maximum Gasteiger partial charge on any atom is 0.528 e. The molecular weight excluding hydrogens is 553 g/mol.